The number of ketones is 1. The van der Waals surface area contributed by atoms with Crippen molar-refractivity contribution in [1.29, 1.82) is 0 Å². The van der Waals surface area contributed by atoms with Crippen molar-refractivity contribution in [3.63, 3.8) is 0 Å². The van der Waals surface area contributed by atoms with Gasteiger partial charge in [-0.25, -0.2) is 0 Å². The quantitative estimate of drug-likeness (QED) is 0.913. The molecule has 0 radical (unpaired) electrons. The second-order valence-corrected chi connectivity index (χ2v) is 7.90. The minimum absolute atomic E-state index is 0.149. The van der Waals surface area contributed by atoms with Gasteiger partial charge < -0.3 is 5.73 Å². The number of benzene rings is 1. The van der Waals surface area contributed by atoms with Gasteiger partial charge in [0.05, 0.1) is 5.54 Å². The summed E-state index contributed by atoms with van der Waals surface area (Å²) in [7, 11) is 0. The van der Waals surface area contributed by atoms with E-state index in [1.165, 1.54) is 12.0 Å². The maximum absolute atomic E-state index is 12.6. The van der Waals surface area contributed by atoms with Gasteiger partial charge in [0.2, 0.25) is 0 Å². The lowest BCUT2D eigenvalue weighted by Crippen LogP contribution is -2.51. The zero-order chi connectivity index (χ0) is 15.7. The topological polar surface area (TPSA) is 43.1 Å². The summed E-state index contributed by atoms with van der Waals surface area (Å²) in [5.74, 6) is 0.772. The molecule has 0 aromatic heterocycles. The summed E-state index contributed by atoms with van der Waals surface area (Å²) < 4.78 is 0. The highest BCUT2D eigenvalue weighted by atomic mass is 16.1. The zero-order valence-electron chi connectivity index (χ0n) is 13.9. The van der Waals surface area contributed by atoms with Gasteiger partial charge >= 0.3 is 0 Å². The predicted molar refractivity (Wildman–Crippen MR) is 88.4 cm³/mol. The summed E-state index contributed by atoms with van der Waals surface area (Å²) in [6.07, 6.45) is 4.43. The van der Waals surface area contributed by atoms with Crippen molar-refractivity contribution in [3.8, 4) is 0 Å². The van der Waals surface area contributed by atoms with Crippen molar-refractivity contribution in [3.05, 3.63) is 35.4 Å². The lowest BCUT2D eigenvalue weighted by atomic mass is 9.73. The van der Waals surface area contributed by atoms with Crippen molar-refractivity contribution in [2.45, 2.75) is 70.8 Å². The highest BCUT2D eigenvalue weighted by Gasteiger charge is 2.37. The molecule has 1 aliphatic carbocycles. The first kappa shape index (κ1) is 16.2. The normalized spacial score (nSPS) is 26.6. The Morgan fingerprint density at radius 2 is 1.90 bits per heavy atom. The Morgan fingerprint density at radius 1 is 1.29 bits per heavy atom. The second-order valence-electron chi connectivity index (χ2n) is 7.90. The predicted octanol–water partition coefficient (Wildman–Crippen LogP) is 4.00. The molecular formula is C19H29NO. The molecule has 2 rings (SSSR count). The first-order chi connectivity index (χ1) is 9.71. The van der Waals surface area contributed by atoms with Crippen molar-refractivity contribution in [2.75, 3.05) is 0 Å². The standard InChI is InChI=1S/C19H29NO/c1-14-6-5-11-19(20,13-14)17(21)12-15-7-9-16(10-8-15)18(2,3)4/h7-10,14H,5-6,11-13,20H2,1-4H3. The minimum Gasteiger partial charge on any atom is -0.319 e. The first-order valence-electron chi connectivity index (χ1n) is 8.12. The third-order valence-corrected chi connectivity index (χ3v) is 4.77. The van der Waals surface area contributed by atoms with Gasteiger partial charge in [-0.2, -0.15) is 0 Å². The van der Waals surface area contributed by atoms with Gasteiger partial charge in [0.1, 0.15) is 0 Å². The summed E-state index contributed by atoms with van der Waals surface area (Å²) in [4.78, 5) is 12.6. The van der Waals surface area contributed by atoms with E-state index in [9.17, 15) is 4.79 Å². The van der Waals surface area contributed by atoms with Crippen molar-refractivity contribution in [2.24, 2.45) is 11.7 Å². The number of hydrogen-bond donors (Lipinski definition) is 1. The molecule has 0 spiro atoms. The van der Waals surface area contributed by atoms with Crippen LogP contribution in [-0.2, 0) is 16.6 Å². The monoisotopic (exact) mass is 287 g/mol. The van der Waals surface area contributed by atoms with Crippen LogP contribution in [0.25, 0.3) is 0 Å². The van der Waals surface area contributed by atoms with E-state index in [0.29, 0.717) is 12.3 Å². The Balaban J connectivity index is 2.06. The Bertz CT molecular complexity index is 497. The molecule has 2 N–H and O–H groups in total. The molecule has 116 valence electrons. The molecule has 1 fully saturated rings. The van der Waals surface area contributed by atoms with Crippen LogP contribution in [0.5, 0.6) is 0 Å². The van der Waals surface area contributed by atoms with E-state index in [-0.39, 0.29) is 11.2 Å². The Labute approximate surface area is 129 Å². The molecule has 2 nitrogen and oxygen atoms in total. The van der Waals surface area contributed by atoms with Gasteiger partial charge in [-0.3, -0.25) is 4.79 Å². The number of rotatable bonds is 3. The number of hydrogen-bond acceptors (Lipinski definition) is 2. The third-order valence-electron chi connectivity index (χ3n) is 4.77. The van der Waals surface area contributed by atoms with Gasteiger partial charge in [-0.15, -0.1) is 0 Å². The van der Waals surface area contributed by atoms with E-state index >= 15 is 0 Å². The summed E-state index contributed by atoms with van der Waals surface area (Å²) in [5.41, 5.74) is 8.32. The van der Waals surface area contributed by atoms with E-state index in [0.717, 1.165) is 24.8 Å². The minimum atomic E-state index is -0.597. The third kappa shape index (κ3) is 3.94. The smallest absolute Gasteiger partial charge is 0.157 e. The van der Waals surface area contributed by atoms with Crippen LogP contribution >= 0.6 is 0 Å². The number of carbonyl (C=O) groups is 1. The molecule has 1 aromatic carbocycles. The fourth-order valence-electron chi connectivity index (χ4n) is 3.33. The van der Waals surface area contributed by atoms with E-state index in [4.69, 9.17) is 5.73 Å². The van der Waals surface area contributed by atoms with Crippen LogP contribution in [0.1, 0.15) is 64.5 Å². The Kier molecular flexibility index (Phi) is 4.57. The molecule has 2 atom stereocenters. The SMILES string of the molecule is CC1CCCC(N)(C(=O)Cc2ccc(C(C)(C)C)cc2)C1. The maximum Gasteiger partial charge on any atom is 0.157 e. The Hall–Kier alpha value is -1.15. The lowest BCUT2D eigenvalue weighted by Gasteiger charge is -2.35. The van der Waals surface area contributed by atoms with E-state index in [1.54, 1.807) is 0 Å². The first-order valence-corrected chi connectivity index (χ1v) is 8.12. The van der Waals surface area contributed by atoms with Crippen molar-refractivity contribution in [1.82, 2.24) is 0 Å². The maximum atomic E-state index is 12.6. The average Bonchev–Trinajstić information content (AvgIpc) is 2.38. The van der Waals surface area contributed by atoms with Crippen LogP contribution in [0.4, 0.5) is 0 Å². The zero-order valence-corrected chi connectivity index (χ0v) is 13.9. The van der Waals surface area contributed by atoms with Gasteiger partial charge in [-0.1, -0.05) is 64.8 Å². The molecular weight excluding hydrogens is 258 g/mol. The highest BCUT2D eigenvalue weighted by molar-refractivity contribution is 5.90. The molecule has 0 saturated heterocycles. The number of Topliss-reactive ketones (excluding diaryl/α,β-unsaturated/α-hetero) is 1. The second kappa shape index (κ2) is 5.92. The molecule has 21 heavy (non-hydrogen) atoms. The molecule has 0 aliphatic heterocycles. The molecule has 1 aromatic rings. The van der Waals surface area contributed by atoms with E-state index in [2.05, 4.69) is 52.0 Å². The number of nitrogens with two attached hydrogens (primary N) is 1. The molecule has 0 bridgehead atoms. The molecule has 2 heteroatoms. The largest absolute Gasteiger partial charge is 0.319 e. The molecule has 0 amide bonds. The van der Waals surface area contributed by atoms with Gasteiger partial charge in [0.25, 0.3) is 0 Å². The van der Waals surface area contributed by atoms with Gasteiger partial charge in [0, 0.05) is 6.42 Å². The van der Waals surface area contributed by atoms with Crippen LogP contribution in [-0.4, -0.2) is 11.3 Å². The summed E-state index contributed by atoms with van der Waals surface area (Å²) in [6.45, 7) is 8.80. The van der Waals surface area contributed by atoms with Crippen LogP contribution in [0.2, 0.25) is 0 Å². The van der Waals surface area contributed by atoms with Gasteiger partial charge in [0.15, 0.2) is 5.78 Å². The molecule has 2 unspecified atom stereocenters. The molecule has 0 heterocycles. The fraction of sp³-hybridized carbons (Fsp3) is 0.632. The van der Waals surface area contributed by atoms with Gasteiger partial charge in [-0.05, 0) is 35.3 Å². The highest BCUT2D eigenvalue weighted by Crippen LogP contribution is 2.32. The summed E-state index contributed by atoms with van der Waals surface area (Å²) >= 11 is 0. The summed E-state index contributed by atoms with van der Waals surface area (Å²) in [5, 5.41) is 0. The fourth-order valence-corrected chi connectivity index (χ4v) is 3.33. The van der Waals surface area contributed by atoms with Crippen LogP contribution in [0, 0.1) is 5.92 Å². The Morgan fingerprint density at radius 3 is 2.43 bits per heavy atom. The lowest BCUT2D eigenvalue weighted by molar-refractivity contribution is -0.125. The molecule has 1 aliphatic rings. The summed E-state index contributed by atoms with van der Waals surface area (Å²) in [6, 6.07) is 8.42. The van der Waals surface area contributed by atoms with Crippen LogP contribution in [0.3, 0.4) is 0 Å². The van der Waals surface area contributed by atoms with E-state index < -0.39 is 5.54 Å². The van der Waals surface area contributed by atoms with Crippen molar-refractivity contribution < 1.29 is 4.79 Å². The molecule has 1 saturated carbocycles. The number of carbonyl (C=O) groups excluding carboxylic acids is 1. The van der Waals surface area contributed by atoms with Crippen LogP contribution in [0.15, 0.2) is 24.3 Å². The average molecular weight is 287 g/mol. The van der Waals surface area contributed by atoms with Crippen LogP contribution < -0.4 is 5.73 Å². The van der Waals surface area contributed by atoms with E-state index in [1.807, 2.05) is 0 Å². The van der Waals surface area contributed by atoms with Crippen molar-refractivity contribution >= 4 is 5.78 Å².